The summed E-state index contributed by atoms with van der Waals surface area (Å²) in [6, 6.07) is 13.2. The zero-order valence-corrected chi connectivity index (χ0v) is 24.3. The van der Waals surface area contributed by atoms with Gasteiger partial charge in [0.2, 0.25) is 0 Å². The minimum absolute atomic E-state index is 0.0750. The Labute approximate surface area is 247 Å². The summed E-state index contributed by atoms with van der Waals surface area (Å²) < 4.78 is 23.6. The second kappa shape index (κ2) is 11.9. The highest BCUT2D eigenvalue weighted by Gasteiger charge is 2.34. The van der Waals surface area contributed by atoms with E-state index in [1.807, 2.05) is 0 Å². The van der Waals surface area contributed by atoms with Gasteiger partial charge in [0, 0.05) is 30.7 Å². The van der Waals surface area contributed by atoms with Crippen molar-refractivity contribution in [2.75, 3.05) is 13.7 Å². The van der Waals surface area contributed by atoms with Crippen molar-refractivity contribution in [2.45, 2.75) is 26.8 Å². The third-order valence-electron chi connectivity index (χ3n) is 6.52. The van der Waals surface area contributed by atoms with E-state index < -0.39 is 28.5 Å². The van der Waals surface area contributed by atoms with E-state index >= 15 is 0 Å². The number of allylic oxidation sites excluding steroid dienone is 1. The van der Waals surface area contributed by atoms with E-state index in [0.717, 1.165) is 11.3 Å². The second-order valence-corrected chi connectivity index (χ2v) is 10.3. The van der Waals surface area contributed by atoms with Gasteiger partial charge in [-0.25, -0.2) is 9.79 Å². The lowest BCUT2D eigenvalue weighted by atomic mass is 9.95. The molecule has 0 saturated heterocycles. The molecule has 1 atom stereocenters. The molecule has 0 aliphatic carbocycles. The van der Waals surface area contributed by atoms with E-state index in [-0.39, 0.29) is 33.9 Å². The van der Waals surface area contributed by atoms with Gasteiger partial charge in [0.15, 0.2) is 16.3 Å². The van der Waals surface area contributed by atoms with Crippen molar-refractivity contribution >= 4 is 35.0 Å². The number of benzene rings is 2. The first-order chi connectivity index (χ1) is 20.6. The Hall–Kier alpha value is -5.30. The predicted octanol–water partition coefficient (Wildman–Crippen LogP) is 3.90. The largest absolute Gasteiger partial charge is 0.493 e. The fourth-order valence-electron chi connectivity index (χ4n) is 4.69. The summed E-state index contributed by atoms with van der Waals surface area (Å²) in [5, 5.41) is 11.2. The van der Waals surface area contributed by atoms with Crippen LogP contribution < -0.4 is 24.4 Å². The fourth-order valence-corrected chi connectivity index (χ4v) is 5.71. The third kappa shape index (κ3) is 5.75. The van der Waals surface area contributed by atoms with Gasteiger partial charge in [-0.15, -0.1) is 0 Å². The number of nitrogens with zero attached hydrogens (tertiary/aromatic N) is 3. The Kier molecular flexibility index (Phi) is 8.08. The Morgan fingerprint density at radius 3 is 2.65 bits per heavy atom. The van der Waals surface area contributed by atoms with Crippen LogP contribution in [-0.2, 0) is 14.3 Å². The molecule has 0 spiro atoms. The molecule has 43 heavy (non-hydrogen) atoms. The Bertz CT molecular complexity index is 1980. The maximum absolute atomic E-state index is 13.9. The number of furan rings is 1. The van der Waals surface area contributed by atoms with Crippen molar-refractivity contribution in [1.29, 1.82) is 0 Å². The first-order valence-electron chi connectivity index (χ1n) is 13.0. The van der Waals surface area contributed by atoms with Crippen LogP contribution >= 0.6 is 11.3 Å². The van der Waals surface area contributed by atoms with E-state index in [0.29, 0.717) is 33.1 Å². The van der Waals surface area contributed by atoms with E-state index in [4.69, 9.17) is 18.6 Å². The summed E-state index contributed by atoms with van der Waals surface area (Å²) in [5.41, 5.74) is 1.06. The molecule has 0 fully saturated rings. The molecule has 2 aromatic carbocycles. The molecule has 13 heteroatoms. The number of hydrogen-bond acceptors (Lipinski definition) is 11. The average Bonchev–Trinajstić information content (AvgIpc) is 3.56. The molecule has 0 N–H and O–H groups in total. The summed E-state index contributed by atoms with van der Waals surface area (Å²) >= 11 is 1.11. The number of esters is 2. The van der Waals surface area contributed by atoms with Crippen LogP contribution in [0.3, 0.4) is 0 Å². The molecule has 0 unspecified atom stereocenters. The van der Waals surface area contributed by atoms with Crippen molar-refractivity contribution in [3.63, 3.8) is 0 Å². The average molecular weight is 604 g/mol. The van der Waals surface area contributed by atoms with Crippen LogP contribution in [-0.4, -0.2) is 35.1 Å². The molecule has 2 aromatic heterocycles. The lowest BCUT2D eigenvalue weighted by Crippen LogP contribution is -2.39. The molecule has 4 aromatic rings. The van der Waals surface area contributed by atoms with Crippen LogP contribution in [0.25, 0.3) is 17.4 Å². The molecule has 220 valence electrons. The van der Waals surface area contributed by atoms with Crippen molar-refractivity contribution in [3.8, 4) is 22.8 Å². The zero-order chi connectivity index (χ0) is 30.8. The second-order valence-electron chi connectivity index (χ2n) is 9.32. The van der Waals surface area contributed by atoms with Gasteiger partial charge in [0.1, 0.15) is 11.5 Å². The minimum atomic E-state index is -0.922. The van der Waals surface area contributed by atoms with Gasteiger partial charge >= 0.3 is 11.9 Å². The van der Waals surface area contributed by atoms with Crippen LogP contribution in [0.4, 0.5) is 5.69 Å². The number of nitro groups is 1. The summed E-state index contributed by atoms with van der Waals surface area (Å²) in [5.74, 6) is -0.0100. The summed E-state index contributed by atoms with van der Waals surface area (Å²) in [6.07, 6.45) is 1.55. The van der Waals surface area contributed by atoms with E-state index in [1.165, 1.54) is 36.8 Å². The maximum atomic E-state index is 13.9. The predicted molar refractivity (Wildman–Crippen MR) is 156 cm³/mol. The van der Waals surface area contributed by atoms with Crippen molar-refractivity contribution < 1.29 is 33.1 Å². The molecule has 12 nitrogen and oxygen atoms in total. The Morgan fingerprint density at radius 1 is 1.16 bits per heavy atom. The van der Waals surface area contributed by atoms with Crippen LogP contribution in [0, 0.1) is 10.1 Å². The SMILES string of the molecule is CCOC(=O)C1=C(C)N=c2s/c(=C/c3ccc(-c4cccc([N+](=O)[O-])c4)o3)c(=O)n2[C@H]1c1ccc(OC(C)=O)c(OC)c1. The number of hydrogen-bond donors (Lipinski definition) is 0. The molecular weight excluding hydrogens is 578 g/mol. The number of nitro benzene ring substituents is 1. The first kappa shape index (κ1) is 29.2. The smallest absolute Gasteiger partial charge is 0.338 e. The van der Waals surface area contributed by atoms with Crippen LogP contribution in [0.15, 0.2) is 80.1 Å². The topological polar surface area (TPSA) is 152 Å². The number of carbonyl (C=O) groups is 2. The molecule has 1 aliphatic heterocycles. The first-order valence-corrected chi connectivity index (χ1v) is 13.8. The third-order valence-corrected chi connectivity index (χ3v) is 7.50. The van der Waals surface area contributed by atoms with Gasteiger partial charge in [0.05, 0.1) is 40.5 Å². The number of methoxy groups -OCH3 is 1. The number of carbonyl (C=O) groups excluding carboxylic acids is 2. The quantitative estimate of drug-likeness (QED) is 0.126. The fraction of sp³-hybridized carbons (Fsp3) is 0.200. The highest BCUT2D eigenvalue weighted by molar-refractivity contribution is 7.07. The molecule has 0 radical (unpaired) electrons. The van der Waals surface area contributed by atoms with E-state index in [9.17, 15) is 24.5 Å². The number of aromatic nitrogens is 1. The Balaban J connectivity index is 1.63. The maximum Gasteiger partial charge on any atom is 0.338 e. The van der Waals surface area contributed by atoms with Crippen LogP contribution in [0.1, 0.15) is 38.1 Å². The number of thiazole rings is 1. The van der Waals surface area contributed by atoms with Crippen LogP contribution in [0.5, 0.6) is 11.5 Å². The zero-order valence-electron chi connectivity index (χ0n) is 23.5. The normalized spacial score (nSPS) is 14.6. The number of non-ortho nitro benzene ring substituents is 1. The summed E-state index contributed by atoms with van der Waals surface area (Å²) in [7, 11) is 1.41. The highest BCUT2D eigenvalue weighted by Crippen LogP contribution is 2.36. The van der Waals surface area contributed by atoms with Crippen LogP contribution in [0.2, 0.25) is 0 Å². The van der Waals surface area contributed by atoms with Crippen molar-refractivity contribution in [3.05, 3.63) is 107 Å². The molecule has 0 amide bonds. The molecule has 1 aliphatic rings. The number of fused-ring (bicyclic) bond motifs is 1. The minimum Gasteiger partial charge on any atom is -0.493 e. The van der Waals surface area contributed by atoms with Gasteiger partial charge in [-0.1, -0.05) is 29.5 Å². The molecule has 5 rings (SSSR count). The molecule has 3 heterocycles. The molecule has 0 saturated carbocycles. The lowest BCUT2D eigenvalue weighted by Gasteiger charge is -2.25. The monoisotopic (exact) mass is 603 g/mol. The van der Waals surface area contributed by atoms with Gasteiger partial charge in [0.25, 0.3) is 11.2 Å². The standard InChI is InChI=1S/C30H25N3O9S/c1-5-40-29(36)26-16(2)31-30-32(27(26)19-9-11-23(41-17(3)34)24(14-19)39-4)28(35)25(43-30)15-21-10-12-22(42-21)18-7-6-8-20(13-18)33(37)38/h6-15,27H,5H2,1-4H3/b25-15+/t27-/m0/s1. The van der Waals surface area contributed by atoms with Gasteiger partial charge in [-0.3, -0.25) is 24.3 Å². The molecule has 0 bridgehead atoms. The van der Waals surface area contributed by atoms with Gasteiger partial charge < -0.3 is 18.6 Å². The van der Waals surface area contributed by atoms with Gasteiger partial charge in [-0.2, -0.15) is 0 Å². The number of ether oxygens (including phenoxy) is 3. The van der Waals surface area contributed by atoms with E-state index in [2.05, 4.69) is 4.99 Å². The Morgan fingerprint density at radius 2 is 1.95 bits per heavy atom. The lowest BCUT2D eigenvalue weighted by molar-refractivity contribution is -0.384. The summed E-state index contributed by atoms with van der Waals surface area (Å²) in [6.45, 7) is 4.73. The molecular formula is C30H25N3O9S. The van der Waals surface area contributed by atoms with Gasteiger partial charge in [-0.05, 0) is 43.7 Å². The van der Waals surface area contributed by atoms with Crippen molar-refractivity contribution in [1.82, 2.24) is 4.57 Å². The summed E-state index contributed by atoms with van der Waals surface area (Å²) in [4.78, 5) is 54.2. The highest BCUT2D eigenvalue weighted by atomic mass is 32.1. The van der Waals surface area contributed by atoms with Crippen molar-refractivity contribution in [2.24, 2.45) is 4.99 Å². The van der Waals surface area contributed by atoms with E-state index in [1.54, 1.807) is 56.3 Å². The number of rotatable bonds is 8.